The van der Waals surface area contributed by atoms with Gasteiger partial charge in [-0.1, -0.05) is 0 Å². The first kappa shape index (κ1) is 14.2. The molecule has 0 saturated heterocycles. The summed E-state index contributed by atoms with van der Waals surface area (Å²) in [7, 11) is 0. The lowest BCUT2D eigenvalue weighted by Crippen LogP contribution is -2.23. The number of thiophene rings is 1. The number of nitrogens with zero attached hydrogens (tertiary/aromatic N) is 1. The van der Waals surface area contributed by atoms with Crippen LogP contribution in [0.1, 0.15) is 33.6 Å². The maximum Gasteiger partial charge on any atom is 0.305 e. The Labute approximate surface area is 120 Å². The van der Waals surface area contributed by atoms with Gasteiger partial charge in [0.1, 0.15) is 0 Å². The van der Waals surface area contributed by atoms with E-state index in [1.54, 1.807) is 22.7 Å². The molecule has 2 rings (SSSR count). The van der Waals surface area contributed by atoms with E-state index in [4.69, 9.17) is 5.11 Å². The second-order valence-electron chi connectivity index (χ2n) is 4.32. The third-order valence-electron chi connectivity index (χ3n) is 2.84. The van der Waals surface area contributed by atoms with Gasteiger partial charge in [-0.05, 0) is 36.2 Å². The molecule has 0 amide bonds. The zero-order valence-corrected chi connectivity index (χ0v) is 12.5. The van der Waals surface area contributed by atoms with Crippen molar-refractivity contribution in [3.05, 3.63) is 38.0 Å². The lowest BCUT2D eigenvalue weighted by molar-refractivity contribution is -0.137. The van der Waals surface area contributed by atoms with Gasteiger partial charge in [-0.2, -0.15) is 11.3 Å². The fourth-order valence-corrected chi connectivity index (χ4v) is 3.46. The normalized spacial score (nSPS) is 12.5. The lowest BCUT2D eigenvalue weighted by Gasteiger charge is -2.15. The molecule has 0 aromatic carbocycles. The van der Waals surface area contributed by atoms with Crippen molar-refractivity contribution in [1.29, 1.82) is 0 Å². The molecule has 0 fully saturated rings. The molecule has 19 heavy (non-hydrogen) atoms. The number of nitrogens with one attached hydrogen (secondary N) is 1. The van der Waals surface area contributed by atoms with Crippen molar-refractivity contribution in [2.45, 2.75) is 32.9 Å². The molecule has 0 aliphatic carbocycles. The van der Waals surface area contributed by atoms with Crippen LogP contribution in [0.4, 0.5) is 0 Å². The molecule has 4 nitrogen and oxygen atoms in total. The highest BCUT2D eigenvalue weighted by Crippen LogP contribution is 2.22. The standard InChI is InChI=1S/C13H16N2O2S2/c1-8-12(15-9(2)19-8)6-14-11(5-13(16)17)10-3-4-18-7-10/h3-4,7,11,14H,5-6H2,1-2H3,(H,16,17). The summed E-state index contributed by atoms with van der Waals surface area (Å²) in [5, 5.41) is 17.3. The van der Waals surface area contributed by atoms with Gasteiger partial charge in [0.2, 0.25) is 0 Å². The van der Waals surface area contributed by atoms with Crippen LogP contribution in [0.3, 0.4) is 0 Å². The summed E-state index contributed by atoms with van der Waals surface area (Å²) in [4.78, 5) is 16.6. The largest absolute Gasteiger partial charge is 0.481 e. The van der Waals surface area contributed by atoms with E-state index in [0.717, 1.165) is 16.3 Å². The van der Waals surface area contributed by atoms with Crippen LogP contribution in [-0.2, 0) is 11.3 Å². The average Bonchev–Trinajstić information content (AvgIpc) is 2.94. The number of aliphatic carboxylic acids is 1. The Hall–Kier alpha value is -1.24. The Morgan fingerprint density at radius 3 is 2.84 bits per heavy atom. The van der Waals surface area contributed by atoms with E-state index >= 15 is 0 Å². The first-order valence-corrected chi connectivity index (χ1v) is 7.72. The van der Waals surface area contributed by atoms with Crippen LogP contribution >= 0.6 is 22.7 Å². The lowest BCUT2D eigenvalue weighted by atomic mass is 10.1. The Kier molecular flexibility index (Phi) is 4.68. The monoisotopic (exact) mass is 296 g/mol. The van der Waals surface area contributed by atoms with E-state index < -0.39 is 5.97 Å². The molecule has 6 heteroatoms. The van der Waals surface area contributed by atoms with Gasteiger partial charge in [-0.15, -0.1) is 11.3 Å². The van der Waals surface area contributed by atoms with Crippen LogP contribution < -0.4 is 5.32 Å². The number of hydrogen-bond donors (Lipinski definition) is 2. The average molecular weight is 296 g/mol. The first-order valence-electron chi connectivity index (χ1n) is 5.96. The van der Waals surface area contributed by atoms with Gasteiger partial charge in [0.05, 0.1) is 17.1 Å². The second kappa shape index (κ2) is 6.27. The zero-order valence-electron chi connectivity index (χ0n) is 10.8. The minimum Gasteiger partial charge on any atom is -0.481 e. The molecule has 1 unspecified atom stereocenters. The Bertz CT molecular complexity index is 549. The molecular weight excluding hydrogens is 280 g/mol. The fraction of sp³-hybridized carbons (Fsp3) is 0.385. The number of aromatic nitrogens is 1. The van der Waals surface area contributed by atoms with E-state index in [2.05, 4.69) is 10.3 Å². The van der Waals surface area contributed by atoms with Gasteiger partial charge >= 0.3 is 5.97 Å². The molecule has 0 aliphatic heterocycles. The summed E-state index contributed by atoms with van der Waals surface area (Å²) >= 11 is 3.24. The van der Waals surface area contributed by atoms with Crippen molar-refractivity contribution in [3.8, 4) is 0 Å². The van der Waals surface area contributed by atoms with Gasteiger partial charge in [0, 0.05) is 17.5 Å². The summed E-state index contributed by atoms with van der Waals surface area (Å²) in [5.74, 6) is -0.796. The third kappa shape index (κ3) is 3.86. The summed E-state index contributed by atoms with van der Waals surface area (Å²) in [6, 6.07) is 1.80. The van der Waals surface area contributed by atoms with E-state index in [9.17, 15) is 4.79 Å². The van der Waals surface area contributed by atoms with Gasteiger partial charge in [-0.25, -0.2) is 4.98 Å². The maximum atomic E-state index is 10.9. The number of carboxylic acid groups (broad SMARTS) is 1. The van der Waals surface area contributed by atoms with E-state index in [1.807, 2.05) is 30.7 Å². The predicted molar refractivity (Wildman–Crippen MR) is 77.7 cm³/mol. The second-order valence-corrected chi connectivity index (χ2v) is 6.51. The molecule has 0 bridgehead atoms. The molecule has 2 aromatic rings. The van der Waals surface area contributed by atoms with Crippen molar-refractivity contribution in [2.24, 2.45) is 0 Å². The van der Waals surface area contributed by atoms with Gasteiger partial charge < -0.3 is 10.4 Å². The highest BCUT2D eigenvalue weighted by atomic mass is 32.1. The molecule has 2 N–H and O–H groups in total. The predicted octanol–water partition coefficient (Wildman–Crippen LogP) is 3.13. The van der Waals surface area contributed by atoms with E-state index in [-0.39, 0.29) is 12.5 Å². The highest BCUT2D eigenvalue weighted by molar-refractivity contribution is 7.11. The topological polar surface area (TPSA) is 62.2 Å². The first-order chi connectivity index (χ1) is 9.06. The smallest absolute Gasteiger partial charge is 0.305 e. The number of hydrogen-bond acceptors (Lipinski definition) is 5. The Morgan fingerprint density at radius 2 is 2.32 bits per heavy atom. The van der Waals surface area contributed by atoms with Gasteiger partial charge in [0.15, 0.2) is 0 Å². The fourth-order valence-electron chi connectivity index (χ4n) is 1.91. The number of rotatable bonds is 6. The molecule has 2 aromatic heterocycles. The molecule has 0 aliphatic rings. The Morgan fingerprint density at radius 1 is 1.53 bits per heavy atom. The maximum absolute atomic E-state index is 10.9. The van der Waals surface area contributed by atoms with Gasteiger partial charge in [-0.3, -0.25) is 4.79 Å². The summed E-state index contributed by atoms with van der Waals surface area (Å²) < 4.78 is 0. The molecule has 0 spiro atoms. The number of carbonyl (C=O) groups is 1. The van der Waals surface area contributed by atoms with E-state index in [1.165, 1.54) is 4.88 Å². The summed E-state index contributed by atoms with van der Waals surface area (Å²) in [5.41, 5.74) is 2.03. The summed E-state index contributed by atoms with van der Waals surface area (Å²) in [6.45, 7) is 4.62. The van der Waals surface area contributed by atoms with E-state index in [0.29, 0.717) is 6.54 Å². The van der Waals surface area contributed by atoms with Crippen LogP contribution in [0.15, 0.2) is 16.8 Å². The molecule has 0 saturated carbocycles. The third-order valence-corrected chi connectivity index (χ3v) is 4.47. The molecule has 1 atom stereocenters. The number of thiazole rings is 1. The zero-order chi connectivity index (χ0) is 13.8. The van der Waals surface area contributed by atoms with Gasteiger partial charge in [0.25, 0.3) is 0 Å². The summed E-state index contributed by atoms with van der Waals surface area (Å²) in [6.07, 6.45) is 0.0822. The van der Waals surface area contributed by atoms with Crippen molar-refractivity contribution >= 4 is 28.6 Å². The van der Waals surface area contributed by atoms with Crippen LogP contribution in [-0.4, -0.2) is 16.1 Å². The highest BCUT2D eigenvalue weighted by Gasteiger charge is 2.16. The number of carboxylic acids is 1. The van der Waals surface area contributed by atoms with Crippen molar-refractivity contribution in [1.82, 2.24) is 10.3 Å². The van der Waals surface area contributed by atoms with Crippen LogP contribution in [0.25, 0.3) is 0 Å². The minimum atomic E-state index is -0.796. The molecule has 0 radical (unpaired) electrons. The molecule has 2 heterocycles. The van der Waals surface area contributed by atoms with Crippen LogP contribution in [0.2, 0.25) is 0 Å². The Balaban J connectivity index is 2.04. The number of aryl methyl sites for hydroxylation is 2. The molecular formula is C13H16N2O2S2. The van der Waals surface area contributed by atoms with Crippen molar-refractivity contribution in [2.75, 3.05) is 0 Å². The minimum absolute atomic E-state index is 0.0822. The van der Waals surface area contributed by atoms with Crippen LogP contribution in [0.5, 0.6) is 0 Å². The quantitative estimate of drug-likeness (QED) is 0.859. The molecule has 102 valence electrons. The van der Waals surface area contributed by atoms with Crippen LogP contribution in [0, 0.1) is 13.8 Å². The van der Waals surface area contributed by atoms with Crippen molar-refractivity contribution in [3.63, 3.8) is 0 Å². The van der Waals surface area contributed by atoms with Crippen molar-refractivity contribution < 1.29 is 9.90 Å². The SMILES string of the molecule is Cc1nc(CNC(CC(=O)O)c2ccsc2)c(C)s1.